The smallest absolute Gasteiger partial charge is 0.255 e. The third kappa shape index (κ3) is 6.52. The molecule has 8 nitrogen and oxygen atoms in total. The minimum Gasteiger partial charge on any atom is -0.496 e. The molecule has 2 aliphatic rings. The Labute approximate surface area is 201 Å². The second-order valence-corrected chi connectivity index (χ2v) is 9.46. The zero-order chi connectivity index (χ0) is 24.0. The first-order chi connectivity index (χ1) is 15.9. The van der Waals surface area contributed by atoms with Gasteiger partial charge >= 0.3 is 0 Å². The molecule has 0 spiro atoms. The van der Waals surface area contributed by atoms with Gasteiger partial charge in [-0.2, -0.15) is 0 Å². The van der Waals surface area contributed by atoms with E-state index in [-0.39, 0.29) is 24.0 Å². The van der Waals surface area contributed by atoms with Crippen molar-refractivity contribution in [2.24, 2.45) is 5.92 Å². The topological polar surface area (TPSA) is 97.1 Å². The molecule has 9 heteroatoms. The van der Waals surface area contributed by atoms with Gasteiger partial charge in [-0.3, -0.25) is 9.59 Å². The normalized spacial score (nSPS) is 22.2. The molecule has 0 unspecified atom stereocenters. The van der Waals surface area contributed by atoms with Crippen molar-refractivity contribution < 1.29 is 19.1 Å². The first-order valence-corrected chi connectivity index (χ1v) is 12.2. The van der Waals surface area contributed by atoms with Crippen LogP contribution in [0.25, 0.3) is 0 Å². The van der Waals surface area contributed by atoms with Crippen molar-refractivity contribution in [3.63, 3.8) is 0 Å². The van der Waals surface area contributed by atoms with Crippen molar-refractivity contribution in [2.75, 3.05) is 52.7 Å². The summed E-state index contributed by atoms with van der Waals surface area (Å²) in [5, 5.41) is 3.42. The molecule has 2 aliphatic heterocycles. The highest BCUT2D eigenvalue weighted by atomic mass is 35.5. The molecule has 2 heterocycles. The summed E-state index contributed by atoms with van der Waals surface area (Å²) in [6, 6.07) is 3.00. The Morgan fingerprint density at radius 3 is 2.55 bits per heavy atom. The van der Waals surface area contributed by atoms with Crippen LogP contribution >= 0.6 is 11.6 Å². The minimum absolute atomic E-state index is 0.103. The van der Waals surface area contributed by atoms with Gasteiger partial charge in [-0.25, -0.2) is 0 Å². The Kier molecular flexibility index (Phi) is 9.23. The van der Waals surface area contributed by atoms with Gasteiger partial charge in [-0.1, -0.05) is 18.5 Å². The molecule has 33 heavy (non-hydrogen) atoms. The molecule has 0 aliphatic carbocycles. The second-order valence-electron chi connectivity index (χ2n) is 9.05. The van der Waals surface area contributed by atoms with Crippen molar-refractivity contribution >= 4 is 29.1 Å². The van der Waals surface area contributed by atoms with Crippen LogP contribution in [0.5, 0.6) is 5.75 Å². The van der Waals surface area contributed by atoms with E-state index in [0.29, 0.717) is 34.4 Å². The summed E-state index contributed by atoms with van der Waals surface area (Å²) in [7, 11) is 3.19. The molecule has 0 bridgehead atoms. The van der Waals surface area contributed by atoms with E-state index < -0.39 is 0 Å². The lowest BCUT2D eigenvalue weighted by Crippen LogP contribution is -2.55. The SMILES string of the molecule is CCCC(=O)N1CCC(CN2CC[C@@H](NC(=O)c3cc(Cl)c(N)cc3OC)[C@@H](OC)C2)CC1. The molecule has 0 saturated carbocycles. The van der Waals surface area contributed by atoms with E-state index >= 15 is 0 Å². The van der Waals surface area contributed by atoms with E-state index in [2.05, 4.69) is 10.2 Å². The molecule has 2 atom stereocenters. The fourth-order valence-corrected chi connectivity index (χ4v) is 4.98. The predicted octanol–water partition coefficient (Wildman–Crippen LogP) is 2.79. The molecule has 1 aromatic carbocycles. The predicted molar refractivity (Wildman–Crippen MR) is 130 cm³/mol. The number of carbonyl (C=O) groups is 2. The highest BCUT2D eigenvalue weighted by Crippen LogP contribution is 2.29. The molecule has 2 saturated heterocycles. The van der Waals surface area contributed by atoms with E-state index in [9.17, 15) is 9.59 Å². The van der Waals surface area contributed by atoms with Gasteiger partial charge in [0.15, 0.2) is 0 Å². The van der Waals surface area contributed by atoms with Crippen LogP contribution in [-0.2, 0) is 9.53 Å². The maximum Gasteiger partial charge on any atom is 0.255 e. The average molecular weight is 481 g/mol. The summed E-state index contributed by atoms with van der Waals surface area (Å²) in [4.78, 5) is 29.5. The van der Waals surface area contributed by atoms with E-state index in [4.69, 9.17) is 26.8 Å². The Morgan fingerprint density at radius 1 is 1.18 bits per heavy atom. The van der Waals surface area contributed by atoms with E-state index in [1.54, 1.807) is 19.2 Å². The number of ether oxygens (including phenoxy) is 2. The molecule has 184 valence electrons. The van der Waals surface area contributed by atoms with Crippen LogP contribution in [-0.4, -0.2) is 80.7 Å². The number of anilines is 1. The highest BCUT2D eigenvalue weighted by molar-refractivity contribution is 6.33. The molecule has 0 radical (unpaired) electrons. The summed E-state index contributed by atoms with van der Waals surface area (Å²) >= 11 is 6.13. The largest absolute Gasteiger partial charge is 0.496 e. The van der Waals surface area contributed by atoms with Crippen LogP contribution in [0.1, 0.15) is 49.4 Å². The number of carbonyl (C=O) groups excluding carboxylic acids is 2. The third-order valence-electron chi connectivity index (χ3n) is 6.77. The Morgan fingerprint density at radius 2 is 1.91 bits per heavy atom. The molecule has 3 N–H and O–H groups in total. The van der Waals surface area contributed by atoms with Crippen LogP contribution in [0.4, 0.5) is 5.69 Å². The second kappa shape index (κ2) is 11.9. The molecular weight excluding hydrogens is 444 g/mol. The number of likely N-dealkylation sites (tertiary alicyclic amines) is 2. The summed E-state index contributed by atoms with van der Waals surface area (Å²) in [6.07, 6.45) is 4.32. The van der Waals surface area contributed by atoms with E-state index in [1.807, 2.05) is 11.8 Å². The summed E-state index contributed by atoms with van der Waals surface area (Å²) in [5.74, 6) is 1.01. The number of halogens is 1. The van der Waals surface area contributed by atoms with Crippen molar-refractivity contribution in [1.29, 1.82) is 0 Å². The number of methoxy groups -OCH3 is 2. The number of nitrogens with one attached hydrogen (secondary N) is 1. The maximum absolute atomic E-state index is 13.0. The van der Waals surface area contributed by atoms with Crippen LogP contribution in [0.15, 0.2) is 12.1 Å². The number of nitrogen functional groups attached to an aromatic ring is 1. The Hall–Kier alpha value is -2.03. The highest BCUT2D eigenvalue weighted by Gasteiger charge is 2.33. The molecular formula is C24H37ClN4O4. The lowest BCUT2D eigenvalue weighted by molar-refractivity contribution is -0.132. The summed E-state index contributed by atoms with van der Waals surface area (Å²) < 4.78 is 11.1. The Bertz CT molecular complexity index is 829. The number of rotatable bonds is 8. The Balaban J connectivity index is 1.52. The number of amides is 2. The molecule has 1 aromatic rings. The summed E-state index contributed by atoms with van der Waals surface area (Å²) in [5.41, 5.74) is 6.56. The first-order valence-electron chi connectivity index (χ1n) is 11.8. The minimum atomic E-state index is -0.252. The van der Waals surface area contributed by atoms with Crippen LogP contribution in [0.3, 0.4) is 0 Å². The number of nitrogens with two attached hydrogens (primary N) is 1. The zero-order valence-corrected chi connectivity index (χ0v) is 20.7. The number of hydrogen-bond acceptors (Lipinski definition) is 6. The molecule has 2 amide bonds. The number of nitrogens with zero attached hydrogens (tertiary/aromatic N) is 2. The standard InChI is InChI=1S/C24H37ClN4O4/c1-4-5-23(30)29-10-6-16(7-11-29)14-28-9-8-20(22(15-28)33-3)27-24(31)17-12-18(25)19(26)13-21(17)32-2/h12-13,16,20,22H,4-11,14-15,26H2,1-3H3,(H,27,31)/t20-,22+/m1/s1. The fraction of sp³-hybridized carbons (Fsp3) is 0.667. The lowest BCUT2D eigenvalue weighted by atomic mass is 9.93. The van der Waals surface area contributed by atoms with Crippen molar-refractivity contribution in [3.8, 4) is 5.75 Å². The van der Waals surface area contributed by atoms with Gasteiger partial charge in [-0.15, -0.1) is 0 Å². The quantitative estimate of drug-likeness (QED) is 0.555. The van der Waals surface area contributed by atoms with Gasteiger partial charge in [0, 0.05) is 52.3 Å². The maximum atomic E-state index is 13.0. The zero-order valence-electron chi connectivity index (χ0n) is 19.9. The van der Waals surface area contributed by atoms with E-state index in [0.717, 1.165) is 58.4 Å². The van der Waals surface area contributed by atoms with Gasteiger partial charge < -0.3 is 30.3 Å². The summed E-state index contributed by atoms with van der Waals surface area (Å²) in [6.45, 7) is 6.41. The van der Waals surface area contributed by atoms with Gasteiger partial charge in [0.2, 0.25) is 5.91 Å². The fourth-order valence-electron chi connectivity index (χ4n) is 4.81. The van der Waals surface area contributed by atoms with Gasteiger partial charge in [-0.05, 0) is 37.7 Å². The molecule has 3 rings (SSSR count). The van der Waals surface area contributed by atoms with Gasteiger partial charge in [0.25, 0.3) is 5.91 Å². The lowest BCUT2D eigenvalue weighted by Gasteiger charge is -2.41. The van der Waals surface area contributed by atoms with Gasteiger partial charge in [0.05, 0.1) is 35.5 Å². The van der Waals surface area contributed by atoms with Crippen LogP contribution < -0.4 is 15.8 Å². The number of benzene rings is 1. The molecule has 2 fully saturated rings. The van der Waals surface area contributed by atoms with Crippen LogP contribution in [0.2, 0.25) is 5.02 Å². The third-order valence-corrected chi connectivity index (χ3v) is 7.10. The van der Waals surface area contributed by atoms with Crippen molar-refractivity contribution in [1.82, 2.24) is 15.1 Å². The molecule has 0 aromatic heterocycles. The van der Waals surface area contributed by atoms with Gasteiger partial charge in [0.1, 0.15) is 5.75 Å². The number of piperidine rings is 2. The monoisotopic (exact) mass is 480 g/mol. The number of hydrogen-bond donors (Lipinski definition) is 2. The van der Waals surface area contributed by atoms with Crippen molar-refractivity contribution in [3.05, 3.63) is 22.7 Å². The van der Waals surface area contributed by atoms with E-state index in [1.165, 1.54) is 7.11 Å². The average Bonchev–Trinajstić information content (AvgIpc) is 2.82. The van der Waals surface area contributed by atoms with Crippen molar-refractivity contribution in [2.45, 2.75) is 51.2 Å². The van der Waals surface area contributed by atoms with Crippen LogP contribution in [0, 0.1) is 5.92 Å². The first kappa shape index (κ1) is 25.6.